The van der Waals surface area contributed by atoms with Gasteiger partial charge in [0.1, 0.15) is 5.82 Å². The highest BCUT2D eigenvalue weighted by Crippen LogP contribution is 2.14. The standard InChI is InChI=1S/C9H11F.CH4/c1-7(2)8-4-3-5-9(10)6-8;/h3-7H,1-2H3;1H4. The maximum absolute atomic E-state index is 12.5. The van der Waals surface area contributed by atoms with Crippen molar-refractivity contribution in [2.45, 2.75) is 27.2 Å². The molecule has 0 spiro atoms. The molecular weight excluding hydrogens is 139 g/mol. The van der Waals surface area contributed by atoms with Gasteiger partial charge in [-0.1, -0.05) is 33.4 Å². The maximum Gasteiger partial charge on any atom is 0.123 e. The highest BCUT2D eigenvalue weighted by molar-refractivity contribution is 5.19. The van der Waals surface area contributed by atoms with Crippen LogP contribution in [0.15, 0.2) is 24.3 Å². The van der Waals surface area contributed by atoms with Crippen LogP contribution in [-0.4, -0.2) is 0 Å². The first kappa shape index (κ1) is 10.2. The van der Waals surface area contributed by atoms with Crippen LogP contribution in [0.4, 0.5) is 4.39 Å². The first-order chi connectivity index (χ1) is 4.70. The quantitative estimate of drug-likeness (QED) is 0.580. The van der Waals surface area contributed by atoms with Gasteiger partial charge >= 0.3 is 0 Å². The van der Waals surface area contributed by atoms with E-state index in [1.807, 2.05) is 6.07 Å². The van der Waals surface area contributed by atoms with E-state index in [4.69, 9.17) is 0 Å². The van der Waals surface area contributed by atoms with E-state index in [0.29, 0.717) is 5.92 Å². The highest BCUT2D eigenvalue weighted by atomic mass is 19.1. The van der Waals surface area contributed by atoms with Gasteiger partial charge in [0, 0.05) is 0 Å². The topological polar surface area (TPSA) is 0 Å². The van der Waals surface area contributed by atoms with Crippen molar-refractivity contribution in [2.75, 3.05) is 0 Å². The number of hydrogen-bond donors (Lipinski definition) is 0. The summed E-state index contributed by atoms with van der Waals surface area (Å²) in [4.78, 5) is 0. The largest absolute Gasteiger partial charge is 0.207 e. The summed E-state index contributed by atoms with van der Waals surface area (Å²) >= 11 is 0. The van der Waals surface area contributed by atoms with Crippen LogP contribution in [0.2, 0.25) is 0 Å². The van der Waals surface area contributed by atoms with Crippen molar-refractivity contribution >= 4 is 0 Å². The molecule has 0 unspecified atom stereocenters. The van der Waals surface area contributed by atoms with Crippen LogP contribution >= 0.6 is 0 Å². The molecule has 0 aliphatic carbocycles. The predicted octanol–water partition coefficient (Wildman–Crippen LogP) is 3.59. The highest BCUT2D eigenvalue weighted by Gasteiger charge is 1.97. The molecule has 11 heavy (non-hydrogen) atoms. The molecule has 62 valence electrons. The fourth-order valence-corrected chi connectivity index (χ4v) is 0.866. The second kappa shape index (κ2) is 4.12. The van der Waals surface area contributed by atoms with Crippen LogP contribution in [-0.2, 0) is 0 Å². The third-order valence-electron chi connectivity index (χ3n) is 1.52. The number of benzene rings is 1. The summed E-state index contributed by atoms with van der Waals surface area (Å²) in [6, 6.07) is 6.72. The molecule has 0 aliphatic heterocycles. The number of halogens is 1. The van der Waals surface area contributed by atoms with Crippen LogP contribution in [0.25, 0.3) is 0 Å². The van der Waals surface area contributed by atoms with Gasteiger partial charge in [0.15, 0.2) is 0 Å². The van der Waals surface area contributed by atoms with E-state index >= 15 is 0 Å². The summed E-state index contributed by atoms with van der Waals surface area (Å²) in [6.07, 6.45) is 0. The molecule has 0 saturated carbocycles. The van der Waals surface area contributed by atoms with Crippen molar-refractivity contribution in [1.82, 2.24) is 0 Å². The van der Waals surface area contributed by atoms with Crippen LogP contribution in [0.3, 0.4) is 0 Å². The molecule has 0 aromatic heterocycles. The van der Waals surface area contributed by atoms with Crippen LogP contribution < -0.4 is 0 Å². The summed E-state index contributed by atoms with van der Waals surface area (Å²) in [5, 5.41) is 0. The smallest absolute Gasteiger partial charge is 0.123 e. The molecule has 1 aromatic rings. The Bertz CT molecular complexity index is 216. The van der Waals surface area contributed by atoms with Gasteiger partial charge in [-0.15, -0.1) is 0 Å². The third-order valence-corrected chi connectivity index (χ3v) is 1.52. The van der Waals surface area contributed by atoms with Gasteiger partial charge < -0.3 is 0 Å². The normalized spacial score (nSPS) is 9.45. The lowest BCUT2D eigenvalue weighted by Gasteiger charge is -2.02. The van der Waals surface area contributed by atoms with E-state index in [2.05, 4.69) is 13.8 Å². The summed E-state index contributed by atoms with van der Waals surface area (Å²) < 4.78 is 12.5. The minimum Gasteiger partial charge on any atom is -0.207 e. The maximum atomic E-state index is 12.5. The van der Waals surface area contributed by atoms with Gasteiger partial charge in [-0.05, 0) is 23.6 Å². The minimum atomic E-state index is -0.147. The van der Waals surface area contributed by atoms with E-state index in [9.17, 15) is 4.39 Å². The Balaban J connectivity index is 0.000001000. The van der Waals surface area contributed by atoms with E-state index in [-0.39, 0.29) is 13.2 Å². The third kappa shape index (κ3) is 2.71. The molecule has 1 rings (SSSR count). The average Bonchev–Trinajstić information content (AvgIpc) is 1.88. The molecule has 0 heterocycles. The van der Waals surface area contributed by atoms with Gasteiger partial charge in [0.05, 0.1) is 0 Å². The summed E-state index contributed by atoms with van der Waals surface area (Å²) in [5.41, 5.74) is 1.06. The molecule has 0 aliphatic rings. The van der Waals surface area contributed by atoms with Crippen molar-refractivity contribution in [2.24, 2.45) is 0 Å². The van der Waals surface area contributed by atoms with Crippen molar-refractivity contribution < 1.29 is 4.39 Å². The molecular formula is C10H15F. The Morgan fingerprint density at radius 3 is 2.27 bits per heavy atom. The Morgan fingerprint density at radius 1 is 1.27 bits per heavy atom. The average molecular weight is 154 g/mol. The summed E-state index contributed by atoms with van der Waals surface area (Å²) in [6.45, 7) is 4.10. The fraction of sp³-hybridized carbons (Fsp3) is 0.400. The van der Waals surface area contributed by atoms with Gasteiger partial charge in [0.2, 0.25) is 0 Å². The van der Waals surface area contributed by atoms with Crippen molar-refractivity contribution in [3.63, 3.8) is 0 Å². The molecule has 0 atom stereocenters. The molecule has 0 saturated heterocycles. The van der Waals surface area contributed by atoms with Crippen molar-refractivity contribution in [1.29, 1.82) is 0 Å². The second-order valence-corrected chi connectivity index (χ2v) is 2.71. The monoisotopic (exact) mass is 154 g/mol. The predicted molar refractivity (Wildman–Crippen MR) is 47.2 cm³/mol. The molecule has 0 bridgehead atoms. The zero-order valence-corrected chi connectivity index (χ0v) is 6.26. The zero-order valence-electron chi connectivity index (χ0n) is 6.26. The molecule has 0 fully saturated rings. The van der Waals surface area contributed by atoms with E-state index in [0.717, 1.165) is 5.56 Å². The Kier molecular flexibility index (Phi) is 3.80. The second-order valence-electron chi connectivity index (χ2n) is 2.71. The van der Waals surface area contributed by atoms with E-state index in [1.165, 1.54) is 6.07 Å². The van der Waals surface area contributed by atoms with Gasteiger partial charge in [-0.3, -0.25) is 0 Å². The Hall–Kier alpha value is -0.850. The number of hydrogen-bond acceptors (Lipinski definition) is 0. The van der Waals surface area contributed by atoms with E-state index in [1.54, 1.807) is 12.1 Å². The number of rotatable bonds is 1. The van der Waals surface area contributed by atoms with Crippen molar-refractivity contribution in [3.8, 4) is 0 Å². The summed E-state index contributed by atoms with van der Waals surface area (Å²) in [7, 11) is 0. The SMILES string of the molecule is C.CC(C)c1cccc(F)c1. The molecule has 1 aromatic carbocycles. The van der Waals surface area contributed by atoms with Gasteiger partial charge in [0.25, 0.3) is 0 Å². The zero-order chi connectivity index (χ0) is 7.56. The Labute approximate surface area is 68.1 Å². The first-order valence-electron chi connectivity index (χ1n) is 3.45. The van der Waals surface area contributed by atoms with Gasteiger partial charge in [-0.25, -0.2) is 4.39 Å². The lowest BCUT2D eigenvalue weighted by Crippen LogP contribution is -1.86. The van der Waals surface area contributed by atoms with E-state index < -0.39 is 0 Å². The fourth-order valence-electron chi connectivity index (χ4n) is 0.866. The van der Waals surface area contributed by atoms with Crippen LogP contribution in [0, 0.1) is 5.82 Å². The molecule has 1 heteroatoms. The van der Waals surface area contributed by atoms with Gasteiger partial charge in [-0.2, -0.15) is 0 Å². The minimum absolute atomic E-state index is 0. The lowest BCUT2D eigenvalue weighted by atomic mass is 10.0. The molecule has 0 N–H and O–H groups in total. The molecule has 0 radical (unpaired) electrons. The van der Waals surface area contributed by atoms with Crippen LogP contribution in [0.5, 0.6) is 0 Å². The molecule has 0 amide bonds. The lowest BCUT2D eigenvalue weighted by molar-refractivity contribution is 0.623. The van der Waals surface area contributed by atoms with Crippen molar-refractivity contribution in [3.05, 3.63) is 35.6 Å². The summed E-state index contributed by atoms with van der Waals surface area (Å²) in [5.74, 6) is 0.266. The Morgan fingerprint density at radius 2 is 1.91 bits per heavy atom. The first-order valence-corrected chi connectivity index (χ1v) is 3.45. The molecule has 0 nitrogen and oxygen atoms in total. The van der Waals surface area contributed by atoms with Crippen LogP contribution in [0.1, 0.15) is 32.8 Å².